The molecule has 5 atom stereocenters. The predicted octanol–water partition coefficient (Wildman–Crippen LogP) is 5.41. The van der Waals surface area contributed by atoms with Crippen LogP contribution < -0.4 is 5.32 Å². The highest BCUT2D eigenvalue weighted by Gasteiger charge is 2.56. The number of amides is 1. The molecule has 0 aliphatic heterocycles. The molecule has 2 fully saturated rings. The molecule has 1 amide bonds. The largest absolute Gasteiger partial charge is 0.326 e. The normalized spacial score (nSPS) is 29.8. The molecule has 1 heterocycles. The van der Waals surface area contributed by atoms with Gasteiger partial charge in [-0.1, -0.05) is 23.2 Å². The molecule has 1 aromatic carbocycles. The van der Waals surface area contributed by atoms with E-state index in [-0.39, 0.29) is 29.6 Å². The fourth-order valence-corrected chi connectivity index (χ4v) is 4.99. The predicted molar refractivity (Wildman–Crippen MR) is 101 cm³/mol. The van der Waals surface area contributed by atoms with Crippen LogP contribution in [-0.4, -0.2) is 17.1 Å². The molecule has 0 unspecified atom stereocenters. The van der Waals surface area contributed by atoms with Crippen LogP contribution in [0, 0.1) is 24.7 Å². The summed E-state index contributed by atoms with van der Waals surface area (Å²) in [6.45, 7) is 1.91. The second-order valence-electron chi connectivity index (χ2n) is 7.31. The second-order valence-corrected chi connectivity index (χ2v) is 8.13. The Bertz CT molecular complexity index is 859. The maximum atomic E-state index is 14.4. The van der Waals surface area contributed by atoms with E-state index in [2.05, 4.69) is 10.3 Å². The zero-order valence-corrected chi connectivity index (χ0v) is 15.8. The zero-order chi connectivity index (χ0) is 18.4. The minimum absolute atomic E-state index is 0.0660. The molecule has 6 heteroatoms. The molecule has 2 aromatic rings. The Kier molecular flexibility index (Phi) is 4.66. The van der Waals surface area contributed by atoms with Crippen molar-refractivity contribution < 1.29 is 9.18 Å². The molecule has 2 bridgehead atoms. The van der Waals surface area contributed by atoms with E-state index in [1.165, 1.54) is 0 Å². The van der Waals surface area contributed by atoms with Gasteiger partial charge in [0.05, 0.1) is 10.0 Å². The van der Waals surface area contributed by atoms with E-state index in [0.717, 1.165) is 17.7 Å². The van der Waals surface area contributed by atoms with E-state index in [4.69, 9.17) is 23.2 Å². The molecule has 4 rings (SSSR count). The number of pyridine rings is 1. The summed E-state index contributed by atoms with van der Waals surface area (Å²) < 4.78 is 14.4. The summed E-state index contributed by atoms with van der Waals surface area (Å²) in [5.41, 5.74) is 2.49. The fraction of sp³-hybridized carbons (Fsp3) is 0.400. The minimum Gasteiger partial charge on any atom is -0.326 e. The van der Waals surface area contributed by atoms with Gasteiger partial charge < -0.3 is 5.32 Å². The van der Waals surface area contributed by atoms with Crippen molar-refractivity contribution in [1.29, 1.82) is 0 Å². The molecule has 2 aliphatic rings. The topological polar surface area (TPSA) is 42.0 Å². The van der Waals surface area contributed by atoms with E-state index in [9.17, 15) is 9.18 Å². The fourth-order valence-electron chi connectivity index (χ4n) is 4.69. The lowest BCUT2D eigenvalue weighted by Crippen LogP contribution is -2.36. The summed E-state index contributed by atoms with van der Waals surface area (Å²) in [7, 11) is 0. The van der Waals surface area contributed by atoms with Crippen LogP contribution in [0.1, 0.15) is 30.0 Å². The van der Waals surface area contributed by atoms with E-state index < -0.39 is 6.17 Å². The molecule has 1 aromatic heterocycles. The molecule has 1 N–H and O–H groups in total. The number of hydrogen-bond donors (Lipinski definition) is 1. The van der Waals surface area contributed by atoms with E-state index in [0.29, 0.717) is 22.2 Å². The molecule has 136 valence electrons. The van der Waals surface area contributed by atoms with Gasteiger partial charge in [0, 0.05) is 29.4 Å². The molecular formula is C20H19Cl2FN2O. The highest BCUT2D eigenvalue weighted by atomic mass is 35.5. The number of benzene rings is 1. The first-order valence-corrected chi connectivity index (χ1v) is 9.52. The van der Waals surface area contributed by atoms with Gasteiger partial charge in [-0.15, -0.1) is 0 Å². The number of anilines is 1. The molecule has 2 saturated carbocycles. The zero-order valence-electron chi connectivity index (χ0n) is 14.3. The lowest BCUT2D eigenvalue weighted by molar-refractivity contribution is -0.122. The summed E-state index contributed by atoms with van der Waals surface area (Å²) in [5.74, 6) is -0.485. The summed E-state index contributed by atoms with van der Waals surface area (Å²) in [5, 5.41) is 3.78. The first kappa shape index (κ1) is 17.7. The number of aryl methyl sites for hydroxylation is 1. The van der Waals surface area contributed by atoms with E-state index in [1.54, 1.807) is 24.4 Å². The first-order valence-electron chi connectivity index (χ1n) is 8.76. The number of rotatable bonds is 3. The van der Waals surface area contributed by atoms with Gasteiger partial charge >= 0.3 is 0 Å². The van der Waals surface area contributed by atoms with Gasteiger partial charge in [-0.3, -0.25) is 9.78 Å². The highest BCUT2D eigenvalue weighted by Crippen LogP contribution is 2.58. The third kappa shape index (κ3) is 3.10. The maximum Gasteiger partial charge on any atom is 0.228 e. The van der Waals surface area contributed by atoms with Gasteiger partial charge in [-0.2, -0.15) is 0 Å². The Labute approximate surface area is 161 Å². The van der Waals surface area contributed by atoms with Crippen LogP contribution in [0.25, 0.3) is 0 Å². The monoisotopic (exact) mass is 392 g/mol. The molecule has 0 radical (unpaired) electrons. The highest BCUT2D eigenvalue weighted by molar-refractivity contribution is 6.42. The van der Waals surface area contributed by atoms with Gasteiger partial charge in [0.25, 0.3) is 0 Å². The Morgan fingerprint density at radius 3 is 2.73 bits per heavy atom. The standard InChI is InChI=1S/C20H19Cl2FN2O/c1-10-6-11(4-5-24-10)18-14-7-12(8-17(14)23)19(18)20(26)25-13-2-3-15(21)16(22)9-13/h2-6,9,12,14,17-19H,7-8H2,1H3,(H,25,26)/t12-,14+,17-,18+,19+/m0/s1. The average Bonchev–Trinajstić information content (AvgIpc) is 3.15. The molecule has 0 spiro atoms. The number of nitrogens with one attached hydrogen (secondary N) is 1. The average molecular weight is 393 g/mol. The lowest BCUT2D eigenvalue weighted by atomic mass is 9.74. The van der Waals surface area contributed by atoms with Crippen molar-refractivity contribution in [2.75, 3.05) is 5.32 Å². The number of nitrogens with zero attached hydrogens (tertiary/aromatic N) is 1. The van der Waals surface area contributed by atoms with Crippen molar-refractivity contribution in [1.82, 2.24) is 4.98 Å². The van der Waals surface area contributed by atoms with Crippen LogP contribution in [0.2, 0.25) is 10.0 Å². The van der Waals surface area contributed by atoms with Crippen LogP contribution >= 0.6 is 23.2 Å². The third-order valence-electron chi connectivity index (χ3n) is 5.72. The van der Waals surface area contributed by atoms with Crippen LogP contribution in [0.4, 0.5) is 10.1 Å². The first-order chi connectivity index (χ1) is 12.4. The van der Waals surface area contributed by atoms with Crippen LogP contribution in [-0.2, 0) is 4.79 Å². The van der Waals surface area contributed by atoms with Crippen molar-refractivity contribution in [2.45, 2.75) is 31.9 Å². The number of carbonyl (C=O) groups is 1. The van der Waals surface area contributed by atoms with E-state index >= 15 is 0 Å². The Balaban J connectivity index is 1.62. The van der Waals surface area contributed by atoms with Gasteiger partial charge in [-0.05, 0) is 67.5 Å². The maximum absolute atomic E-state index is 14.4. The van der Waals surface area contributed by atoms with Crippen LogP contribution in [0.5, 0.6) is 0 Å². The molecular weight excluding hydrogens is 374 g/mol. The summed E-state index contributed by atoms with van der Waals surface area (Å²) in [4.78, 5) is 17.3. The van der Waals surface area contributed by atoms with Crippen LogP contribution in [0.3, 0.4) is 0 Å². The molecule has 3 nitrogen and oxygen atoms in total. The quantitative estimate of drug-likeness (QED) is 0.757. The smallest absolute Gasteiger partial charge is 0.228 e. The van der Waals surface area contributed by atoms with Crippen molar-refractivity contribution in [2.24, 2.45) is 17.8 Å². The third-order valence-corrected chi connectivity index (χ3v) is 6.46. The SMILES string of the molecule is Cc1cc([C@@H]2[C@@H]3C[C@@H](C[C@@H]3F)[C@H]2C(=O)Nc2ccc(Cl)c(Cl)c2)ccn1. The lowest BCUT2D eigenvalue weighted by Gasteiger charge is -2.32. The van der Waals surface area contributed by atoms with Gasteiger partial charge in [0.1, 0.15) is 6.17 Å². The second kappa shape index (κ2) is 6.82. The molecule has 2 aliphatic carbocycles. The number of carbonyl (C=O) groups excluding carboxylic acids is 1. The Morgan fingerprint density at radius 1 is 1.19 bits per heavy atom. The van der Waals surface area contributed by atoms with Gasteiger partial charge in [0.2, 0.25) is 5.91 Å². The summed E-state index contributed by atoms with van der Waals surface area (Å²) in [6, 6.07) is 8.89. The number of aromatic nitrogens is 1. The van der Waals surface area contributed by atoms with Gasteiger partial charge in [0.15, 0.2) is 0 Å². The van der Waals surface area contributed by atoms with Gasteiger partial charge in [-0.25, -0.2) is 4.39 Å². The number of fused-ring (bicyclic) bond motifs is 2. The minimum atomic E-state index is -0.840. The Morgan fingerprint density at radius 2 is 2.00 bits per heavy atom. The molecule has 26 heavy (non-hydrogen) atoms. The van der Waals surface area contributed by atoms with Crippen molar-refractivity contribution in [3.05, 3.63) is 57.8 Å². The van der Waals surface area contributed by atoms with Crippen molar-refractivity contribution in [3.8, 4) is 0 Å². The van der Waals surface area contributed by atoms with Crippen molar-refractivity contribution in [3.63, 3.8) is 0 Å². The number of halogens is 3. The van der Waals surface area contributed by atoms with Crippen molar-refractivity contribution >= 4 is 34.8 Å². The Hall–Kier alpha value is -1.65. The number of hydrogen-bond acceptors (Lipinski definition) is 2. The number of alkyl halides is 1. The van der Waals surface area contributed by atoms with E-state index in [1.807, 2.05) is 19.1 Å². The molecule has 0 saturated heterocycles. The summed E-state index contributed by atoms with van der Waals surface area (Å²) in [6.07, 6.45) is 2.11. The van der Waals surface area contributed by atoms with Crippen LogP contribution in [0.15, 0.2) is 36.5 Å². The summed E-state index contributed by atoms with van der Waals surface area (Å²) >= 11 is 12.0.